The highest BCUT2D eigenvalue weighted by atomic mass is 19.1. The zero-order valence-corrected chi connectivity index (χ0v) is 18.4. The van der Waals surface area contributed by atoms with Crippen molar-refractivity contribution in [1.29, 1.82) is 0 Å². The summed E-state index contributed by atoms with van der Waals surface area (Å²) in [5.41, 5.74) is 2.78. The van der Waals surface area contributed by atoms with Crippen molar-refractivity contribution in [2.45, 2.75) is 19.4 Å². The summed E-state index contributed by atoms with van der Waals surface area (Å²) in [4.78, 5) is 19.9. The van der Waals surface area contributed by atoms with Gasteiger partial charge in [-0.1, -0.05) is 48.5 Å². The number of carboxylic acid groups (broad SMARTS) is 1. The highest BCUT2D eigenvalue weighted by Gasteiger charge is 2.11. The Bertz CT molecular complexity index is 1250. The highest BCUT2D eigenvalue weighted by molar-refractivity contribution is 5.66. The van der Waals surface area contributed by atoms with Crippen LogP contribution in [0.15, 0.2) is 84.9 Å². The van der Waals surface area contributed by atoms with Gasteiger partial charge in [-0.25, -0.2) is 9.37 Å². The van der Waals surface area contributed by atoms with E-state index in [4.69, 9.17) is 19.6 Å². The van der Waals surface area contributed by atoms with Crippen molar-refractivity contribution in [2.75, 3.05) is 6.61 Å². The van der Waals surface area contributed by atoms with Crippen molar-refractivity contribution in [1.82, 2.24) is 9.97 Å². The summed E-state index contributed by atoms with van der Waals surface area (Å²) in [6, 6.07) is 25.1. The molecular weight excluding hydrogens is 435 g/mol. The van der Waals surface area contributed by atoms with Crippen LogP contribution < -0.4 is 9.47 Å². The largest absolute Gasteiger partial charge is 0.494 e. The zero-order valence-electron chi connectivity index (χ0n) is 18.4. The molecule has 0 radical (unpaired) electrons. The molecule has 1 N–H and O–H groups in total. The topological polar surface area (TPSA) is 81.5 Å². The third kappa shape index (κ3) is 6.16. The molecule has 0 aliphatic carbocycles. The molecule has 1 aromatic heterocycles. The fraction of sp³-hybridized carbons (Fsp3) is 0.148. The van der Waals surface area contributed by atoms with Crippen LogP contribution in [0.2, 0.25) is 0 Å². The number of ether oxygens (including phenoxy) is 2. The van der Waals surface area contributed by atoms with E-state index in [0.29, 0.717) is 41.7 Å². The number of hydrogen-bond acceptors (Lipinski definition) is 5. The number of nitrogens with zero attached hydrogens (tertiary/aromatic N) is 2. The molecule has 34 heavy (non-hydrogen) atoms. The van der Waals surface area contributed by atoms with E-state index in [1.165, 1.54) is 6.07 Å². The van der Waals surface area contributed by atoms with E-state index in [0.717, 1.165) is 11.1 Å². The molecule has 4 rings (SSSR count). The van der Waals surface area contributed by atoms with Crippen LogP contribution in [0, 0.1) is 5.82 Å². The SMILES string of the molecule is O=C(O)CCCOc1ccc(-c2nc(OCc3ccccc3F)cc(-c3ccccc3)n2)cc1. The van der Waals surface area contributed by atoms with Gasteiger partial charge in [-0.05, 0) is 36.8 Å². The van der Waals surface area contributed by atoms with Crippen molar-refractivity contribution in [3.05, 3.63) is 96.3 Å². The molecule has 0 aliphatic heterocycles. The number of aromatic nitrogens is 2. The highest BCUT2D eigenvalue weighted by Crippen LogP contribution is 2.27. The number of rotatable bonds is 10. The summed E-state index contributed by atoms with van der Waals surface area (Å²) >= 11 is 0. The summed E-state index contributed by atoms with van der Waals surface area (Å²) < 4.78 is 25.5. The molecule has 0 bridgehead atoms. The van der Waals surface area contributed by atoms with Gasteiger partial charge in [-0.2, -0.15) is 4.98 Å². The standard InChI is InChI=1S/C27H23FN2O4/c28-23-10-5-4-9-21(23)18-34-25-17-24(19-7-2-1-3-8-19)29-27(30-25)20-12-14-22(15-13-20)33-16-6-11-26(31)32/h1-5,7-10,12-15,17H,6,11,16,18H2,(H,31,32). The molecule has 0 unspecified atom stereocenters. The van der Waals surface area contributed by atoms with Crippen LogP contribution in [0.1, 0.15) is 18.4 Å². The maximum atomic E-state index is 14.0. The van der Waals surface area contributed by atoms with Gasteiger partial charge >= 0.3 is 5.97 Å². The van der Waals surface area contributed by atoms with Crippen molar-refractivity contribution >= 4 is 5.97 Å². The van der Waals surface area contributed by atoms with Crippen LogP contribution in [0.3, 0.4) is 0 Å². The van der Waals surface area contributed by atoms with Crippen molar-refractivity contribution < 1.29 is 23.8 Å². The molecule has 0 fully saturated rings. The van der Waals surface area contributed by atoms with Crippen LogP contribution in [-0.4, -0.2) is 27.7 Å². The van der Waals surface area contributed by atoms with Gasteiger partial charge in [0.05, 0.1) is 12.3 Å². The number of benzene rings is 3. The van der Waals surface area contributed by atoms with Gasteiger partial charge in [0.2, 0.25) is 5.88 Å². The molecule has 0 saturated carbocycles. The van der Waals surface area contributed by atoms with Gasteiger partial charge in [0.1, 0.15) is 18.2 Å². The lowest BCUT2D eigenvalue weighted by Crippen LogP contribution is -2.03. The van der Waals surface area contributed by atoms with E-state index in [1.807, 2.05) is 42.5 Å². The lowest BCUT2D eigenvalue weighted by molar-refractivity contribution is -0.137. The first-order chi connectivity index (χ1) is 16.6. The molecule has 1 heterocycles. The fourth-order valence-corrected chi connectivity index (χ4v) is 3.27. The van der Waals surface area contributed by atoms with E-state index in [-0.39, 0.29) is 18.8 Å². The molecule has 0 amide bonds. The Labute approximate surface area is 196 Å². The zero-order chi connectivity index (χ0) is 23.8. The summed E-state index contributed by atoms with van der Waals surface area (Å²) in [5, 5.41) is 8.72. The van der Waals surface area contributed by atoms with E-state index >= 15 is 0 Å². The smallest absolute Gasteiger partial charge is 0.303 e. The monoisotopic (exact) mass is 458 g/mol. The Morgan fingerprint density at radius 1 is 0.853 bits per heavy atom. The van der Waals surface area contributed by atoms with Gasteiger partial charge in [-0.3, -0.25) is 4.79 Å². The predicted molar refractivity (Wildman–Crippen MR) is 126 cm³/mol. The minimum atomic E-state index is -0.845. The second kappa shape index (κ2) is 11.0. The maximum absolute atomic E-state index is 14.0. The fourth-order valence-electron chi connectivity index (χ4n) is 3.27. The minimum absolute atomic E-state index is 0.0421. The number of carboxylic acids is 1. The van der Waals surface area contributed by atoms with Crippen LogP contribution >= 0.6 is 0 Å². The van der Waals surface area contributed by atoms with Gasteiger partial charge in [0.25, 0.3) is 0 Å². The lowest BCUT2D eigenvalue weighted by atomic mass is 10.1. The average Bonchev–Trinajstić information content (AvgIpc) is 2.87. The van der Waals surface area contributed by atoms with Gasteiger partial charge in [0.15, 0.2) is 5.82 Å². The summed E-state index contributed by atoms with van der Waals surface area (Å²) in [6.45, 7) is 0.361. The van der Waals surface area contributed by atoms with Crippen LogP contribution in [0.4, 0.5) is 4.39 Å². The third-order valence-corrected chi connectivity index (χ3v) is 5.02. The molecule has 6 nitrogen and oxygen atoms in total. The molecule has 0 spiro atoms. The molecule has 4 aromatic rings. The first-order valence-electron chi connectivity index (χ1n) is 10.8. The first-order valence-corrected chi connectivity index (χ1v) is 10.8. The quantitative estimate of drug-likeness (QED) is 0.304. The van der Waals surface area contributed by atoms with Crippen LogP contribution in [0.25, 0.3) is 22.6 Å². The first kappa shape index (κ1) is 22.9. The van der Waals surface area contributed by atoms with E-state index in [2.05, 4.69) is 4.98 Å². The summed E-state index contributed by atoms with van der Waals surface area (Å²) in [6.07, 6.45) is 0.496. The second-order valence-electron chi connectivity index (χ2n) is 7.53. The Balaban J connectivity index is 1.56. The molecule has 0 aliphatic rings. The van der Waals surface area contributed by atoms with Crippen LogP contribution in [-0.2, 0) is 11.4 Å². The molecule has 3 aromatic carbocycles. The number of aliphatic carboxylic acids is 1. The second-order valence-corrected chi connectivity index (χ2v) is 7.53. The predicted octanol–water partition coefficient (Wildman–Crippen LogP) is 5.77. The van der Waals surface area contributed by atoms with E-state index < -0.39 is 5.97 Å². The Hall–Kier alpha value is -4.26. The van der Waals surface area contributed by atoms with Crippen molar-refractivity contribution in [3.8, 4) is 34.3 Å². The number of halogens is 1. The normalized spacial score (nSPS) is 10.6. The molecule has 7 heteroatoms. The molecular formula is C27H23FN2O4. The molecule has 0 atom stereocenters. The lowest BCUT2D eigenvalue weighted by Gasteiger charge is -2.11. The van der Waals surface area contributed by atoms with Gasteiger partial charge in [0, 0.05) is 29.2 Å². The van der Waals surface area contributed by atoms with Crippen molar-refractivity contribution in [3.63, 3.8) is 0 Å². The van der Waals surface area contributed by atoms with E-state index in [1.54, 1.807) is 36.4 Å². The molecule has 172 valence electrons. The summed E-state index contributed by atoms with van der Waals surface area (Å²) in [7, 11) is 0. The van der Waals surface area contributed by atoms with Crippen molar-refractivity contribution in [2.24, 2.45) is 0 Å². The minimum Gasteiger partial charge on any atom is -0.494 e. The van der Waals surface area contributed by atoms with E-state index in [9.17, 15) is 9.18 Å². The Morgan fingerprint density at radius 2 is 1.59 bits per heavy atom. The maximum Gasteiger partial charge on any atom is 0.303 e. The number of carbonyl (C=O) groups is 1. The Kier molecular flexibility index (Phi) is 7.45. The van der Waals surface area contributed by atoms with Crippen LogP contribution in [0.5, 0.6) is 11.6 Å². The summed E-state index contributed by atoms with van der Waals surface area (Å²) in [5.74, 6) is 0.245. The number of hydrogen-bond donors (Lipinski definition) is 1. The third-order valence-electron chi connectivity index (χ3n) is 5.02. The molecule has 0 saturated heterocycles. The Morgan fingerprint density at radius 3 is 2.32 bits per heavy atom. The van der Waals surface area contributed by atoms with Gasteiger partial charge in [-0.15, -0.1) is 0 Å². The van der Waals surface area contributed by atoms with Gasteiger partial charge < -0.3 is 14.6 Å². The average molecular weight is 458 g/mol.